The molecule has 0 amide bonds. The number of anilines is 1. The summed E-state index contributed by atoms with van der Waals surface area (Å²) < 4.78 is 14.3. The summed E-state index contributed by atoms with van der Waals surface area (Å²) >= 11 is 0. The highest BCUT2D eigenvalue weighted by Crippen LogP contribution is 2.32. The zero-order valence-electron chi connectivity index (χ0n) is 10.7. The first-order valence-electron chi connectivity index (χ1n) is 6.15. The van der Waals surface area contributed by atoms with Crippen molar-refractivity contribution in [3.63, 3.8) is 0 Å². The van der Waals surface area contributed by atoms with Gasteiger partial charge in [0.25, 0.3) is 0 Å². The van der Waals surface area contributed by atoms with E-state index in [1.807, 2.05) is 30.3 Å². The summed E-state index contributed by atoms with van der Waals surface area (Å²) in [4.78, 5) is 0. The average molecular weight is 254 g/mol. The van der Waals surface area contributed by atoms with E-state index in [0.29, 0.717) is 0 Å². The second-order valence-electron chi connectivity index (χ2n) is 5.06. The maximum atomic E-state index is 14.3. The predicted octanol–water partition coefficient (Wildman–Crippen LogP) is 3.48. The molecule has 0 unspecified atom stereocenters. The first-order chi connectivity index (χ1) is 8.97. The fourth-order valence-electron chi connectivity index (χ4n) is 2.35. The maximum Gasteiger partial charge on any atom is 0.165 e. The third-order valence-corrected chi connectivity index (χ3v) is 3.56. The molecule has 2 nitrogen and oxygen atoms in total. The average Bonchev–Trinajstić information content (AvgIpc) is 2.47. The number of nitrogens with two attached hydrogens (primary N) is 2. The van der Waals surface area contributed by atoms with Crippen LogP contribution in [0.4, 0.5) is 10.1 Å². The fourth-order valence-corrected chi connectivity index (χ4v) is 2.35. The number of rotatable bonds is 0. The number of halogens is 1. The Balaban J connectivity index is 2.34. The Bertz CT molecular complexity index is 727. The third kappa shape index (κ3) is 1.87. The molecule has 0 aromatic heterocycles. The molecule has 1 atom stereocenters. The minimum absolute atomic E-state index is 0.220. The number of hydrogen-bond donors (Lipinski definition) is 2. The van der Waals surface area contributed by atoms with Crippen molar-refractivity contribution in [1.29, 1.82) is 0 Å². The molecule has 96 valence electrons. The van der Waals surface area contributed by atoms with Gasteiger partial charge in [-0.05, 0) is 53.1 Å². The molecule has 0 heterocycles. The Morgan fingerprint density at radius 3 is 2.68 bits per heavy atom. The number of benzene rings is 2. The van der Waals surface area contributed by atoms with E-state index in [1.54, 1.807) is 12.2 Å². The Hall–Kier alpha value is -2.29. The van der Waals surface area contributed by atoms with Gasteiger partial charge in [-0.2, -0.15) is 0 Å². The summed E-state index contributed by atoms with van der Waals surface area (Å²) in [5.41, 5.74) is 12.8. The standard InChI is InChI=1S/C16H15FN2/c1-16(17)7-6-14-11(9-15(16)19)3-2-10-8-12(18)4-5-13(10)14/h2-9H,18-19H2,1H3/t16-/m1/s1. The molecule has 0 aliphatic heterocycles. The minimum Gasteiger partial charge on any atom is -0.399 e. The van der Waals surface area contributed by atoms with Gasteiger partial charge in [-0.15, -0.1) is 0 Å². The molecule has 2 aromatic carbocycles. The van der Waals surface area contributed by atoms with Crippen LogP contribution in [0.1, 0.15) is 18.1 Å². The van der Waals surface area contributed by atoms with Gasteiger partial charge < -0.3 is 11.5 Å². The highest BCUT2D eigenvalue weighted by molar-refractivity contribution is 5.96. The van der Waals surface area contributed by atoms with Gasteiger partial charge in [0.15, 0.2) is 5.67 Å². The maximum absolute atomic E-state index is 14.3. The molecule has 0 bridgehead atoms. The van der Waals surface area contributed by atoms with Crippen molar-refractivity contribution in [1.82, 2.24) is 0 Å². The lowest BCUT2D eigenvalue weighted by atomic mass is 9.98. The Morgan fingerprint density at radius 2 is 1.89 bits per heavy atom. The van der Waals surface area contributed by atoms with Gasteiger partial charge in [0, 0.05) is 5.69 Å². The van der Waals surface area contributed by atoms with E-state index in [4.69, 9.17) is 11.5 Å². The van der Waals surface area contributed by atoms with Crippen molar-refractivity contribution in [2.75, 3.05) is 5.73 Å². The molecular weight excluding hydrogens is 239 g/mol. The fraction of sp³-hybridized carbons (Fsp3) is 0.125. The van der Waals surface area contributed by atoms with Crippen LogP contribution in [-0.4, -0.2) is 5.67 Å². The van der Waals surface area contributed by atoms with Crippen LogP contribution in [0, 0.1) is 0 Å². The Kier molecular flexibility index (Phi) is 2.39. The SMILES string of the molecule is C[C@@]1(F)C=Cc2c(ccc3cc(N)ccc23)C=C1N. The molecule has 0 spiro atoms. The summed E-state index contributed by atoms with van der Waals surface area (Å²) in [6, 6.07) is 9.64. The summed E-state index contributed by atoms with van der Waals surface area (Å²) in [6.07, 6.45) is 5.00. The highest BCUT2D eigenvalue weighted by atomic mass is 19.1. The molecule has 3 heteroatoms. The van der Waals surface area contributed by atoms with E-state index in [-0.39, 0.29) is 5.70 Å². The number of allylic oxidation sites excluding steroid dienone is 1. The molecule has 1 aliphatic rings. The van der Waals surface area contributed by atoms with Crippen molar-refractivity contribution in [2.45, 2.75) is 12.6 Å². The number of hydrogen-bond acceptors (Lipinski definition) is 2. The van der Waals surface area contributed by atoms with Crippen LogP contribution in [0.15, 0.2) is 42.1 Å². The summed E-state index contributed by atoms with van der Waals surface area (Å²) in [5, 5.41) is 2.09. The molecule has 1 aliphatic carbocycles. The number of nitrogen functional groups attached to an aromatic ring is 1. The van der Waals surface area contributed by atoms with E-state index < -0.39 is 5.67 Å². The van der Waals surface area contributed by atoms with E-state index in [2.05, 4.69) is 0 Å². The van der Waals surface area contributed by atoms with Crippen LogP contribution < -0.4 is 11.5 Å². The summed E-state index contributed by atoms with van der Waals surface area (Å²) in [7, 11) is 0. The first kappa shape index (κ1) is 11.8. The van der Waals surface area contributed by atoms with Gasteiger partial charge in [0.05, 0.1) is 5.70 Å². The van der Waals surface area contributed by atoms with Crippen molar-refractivity contribution in [3.05, 3.63) is 53.2 Å². The van der Waals surface area contributed by atoms with Crippen LogP contribution in [0.5, 0.6) is 0 Å². The number of alkyl halides is 1. The van der Waals surface area contributed by atoms with Crippen LogP contribution in [-0.2, 0) is 0 Å². The molecular formula is C16H15FN2. The molecule has 0 fully saturated rings. The van der Waals surface area contributed by atoms with Gasteiger partial charge in [0.2, 0.25) is 0 Å². The topological polar surface area (TPSA) is 52.0 Å². The van der Waals surface area contributed by atoms with Crippen LogP contribution >= 0.6 is 0 Å². The van der Waals surface area contributed by atoms with E-state index in [1.165, 1.54) is 13.0 Å². The van der Waals surface area contributed by atoms with Crippen molar-refractivity contribution >= 4 is 28.6 Å². The van der Waals surface area contributed by atoms with Gasteiger partial charge in [-0.1, -0.05) is 24.3 Å². The van der Waals surface area contributed by atoms with Gasteiger partial charge in [0.1, 0.15) is 0 Å². The normalized spacial score (nSPS) is 21.9. The van der Waals surface area contributed by atoms with E-state index >= 15 is 0 Å². The van der Waals surface area contributed by atoms with Crippen LogP contribution in [0.2, 0.25) is 0 Å². The predicted molar refractivity (Wildman–Crippen MR) is 79.1 cm³/mol. The van der Waals surface area contributed by atoms with Gasteiger partial charge in [-0.3, -0.25) is 0 Å². The molecule has 0 saturated carbocycles. The lowest BCUT2D eigenvalue weighted by molar-refractivity contribution is 0.309. The third-order valence-electron chi connectivity index (χ3n) is 3.56. The lowest BCUT2D eigenvalue weighted by Crippen LogP contribution is -2.23. The quantitative estimate of drug-likeness (QED) is 0.707. The molecule has 19 heavy (non-hydrogen) atoms. The van der Waals surface area contributed by atoms with Gasteiger partial charge in [-0.25, -0.2) is 4.39 Å². The zero-order chi connectivity index (χ0) is 13.6. The Morgan fingerprint density at radius 1 is 1.11 bits per heavy atom. The smallest absolute Gasteiger partial charge is 0.165 e. The summed E-state index contributed by atoms with van der Waals surface area (Å²) in [5.74, 6) is 0. The zero-order valence-corrected chi connectivity index (χ0v) is 10.7. The molecule has 2 aromatic rings. The van der Waals surface area contributed by atoms with Crippen LogP contribution in [0.3, 0.4) is 0 Å². The molecule has 0 radical (unpaired) electrons. The van der Waals surface area contributed by atoms with Crippen LogP contribution in [0.25, 0.3) is 22.9 Å². The van der Waals surface area contributed by atoms with Crippen molar-refractivity contribution in [2.24, 2.45) is 5.73 Å². The highest BCUT2D eigenvalue weighted by Gasteiger charge is 2.25. The first-order valence-corrected chi connectivity index (χ1v) is 6.15. The minimum atomic E-state index is -1.61. The second kappa shape index (κ2) is 3.85. The van der Waals surface area contributed by atoms with E-state index in [9.17, 15) is 4.39 Å². The lowest BCUT2D eigenvalue weighted by Gasteiger charge is -2.14. The Labute approximate surface area is 111 Å². The molecule has 3 rings (SSSR count). The largest absolute Gasteiger partial charge is 0.399 e. The van der Waals surface area contributed by atoms with Crippen molar-refractivity contribution in [3.8, 4) is 0 Å². The van der Waals surface area contributed by atoms with Crippen molar-refractivity contribution < 1.29 is 4.39 Å². The molecule has 0 saturated heterocycles. The van der Waals surface area contributed by atoms with Gasteiger partial charge >= 0.3 is 0 Å². The summed E-state index contributed by atoms with van der Waals surface area (Å²) in [6.45, 7) is 1.46. The second-order valence-corrected chi connectivity index (χ2v) is 5.06. The number of fused-ring (bicyclic) bond motifs is 3. The monoisotopic (exact) mass is 254 g/mol. The molecule has 4 N–H and O–H groups in total. The van der Waals surface area contributed by atoms with E-state index in [0.717, 1.165) is 27.6 Å².